The van der Waals surface area contributed by atoms with Gasteiger partial charge in [-0.05, 0) is 25.5 Å². The minimum absolute atomic E-state index is 0.319. The Morgan fingerprint density at radius 1 is 1.41 bits per heavy atom. The van der Waals surface area contributed by atoms with Crippen molar-refractivity contribution in [2.75, 3.05) is 5.32 Å². The largest absolute Gasteiger partial charge is 0.508 e. The summed E-state index contributed by atoms with van der Waals surface area (Å²) < 4.78 is 1.89. The summed E-state index contributed by atoms with van der Waals surface area (Å²) in [5.74, 6) is 0.319. The van der Waals surface area contributed by atoms with Gasteiger partial charge in [-0.25, -0.2) is 0 Å². The fourth-order valence-electron chi connectivity index (χ4n) is 1.59. The Balaban J connectivity index is 1.99. The number of nitrogens with zero attached hydrogens (tertiary/aromatic N) is 2. The first kappa shape index (κ1) is 11.5. The van der Waals surface area contributed by atoms with Crippen molar-refractivity contribution < 1.29 is 5.11 Å². The van der Waals surface area contributed by atoms with Crippen molar-refractivity contribution in [2.24, 2.45) is 0 Å². The molecule has 1 heterocycles. The number of aromatic nitrogens is 2. The number of aromatic hydroxyl groups is 1. The van der Waals surface area contributed by atoms with E-state index in [1.807, 2.05) is 36.1 Å². The Hall–Kier alpha value is -1.97. The molecular formula is C13H17N3O. The minimum atomic E-state index is 0.319. The predicted molar refractivity (Wildman–Crippen MR) is 68.1 cm³/mol. The van der Waals surface area contributed by atoms with E-state index in [4.69, 9.17) is 0 Å². The third kappa shape index (κ3) is 2.78. The van der Waals surface area contributed by atoms with Crippen LogP contribution in [0.25, 0.3) is 0 Å². The van der Waals surface area contributed by atoms with Crippen LogP contribution < -0.4 is 5.32 Å². The molecule has 0 bridgehead atoms. The molecule has 0 atom stereocenters. The number of hydrogen-bond donors (Lipinski definition) is 2. The normalized spacial score (nSPS) is 10.5. The van der Waals surface area contributed by atoms with Gasteiger partial charge in [0.15, 0.2) is 0 Å². The zero-order valence-electron chi connectivity index (χ0n) is 10.1. The number of nitrogens with one attached hydrogen (secondary N) is 1. The maximum atomic E-state index is 9.58. The second kappa shape index (κ2) is 4.91. The Labute approximate surface area is 101 Å². The molecule has 0 radical (unpaired) electrons. The van der Waals surface area contributed by atoms with Crippen LogP contribution in [0, 0.1) is 6.92 Å². The number of phenols is 1. The molecule has 17 heavy (non-hydrogen) atoms. The first-order chi connectivity index (χ1) is 8.19. The highest BCUT2D eigenvalue weighted by molar-refractivity contribution is 5.51. The first-order valence-corrected chi connectivity index (χ1v) is 5.74. The topological polar surface area (TPSA) is 50.1 Å². The lowest BCUT2D eigenvalue weighted by Crippen LogP contribution is -1.98. The van der Waals surface area contributed by atoms with Crippen LogP contribution in [0.4, 0.5) is 5.69 Å². The van der Waals surface area contributed by atoms with Gasteiger partial charge in [0.25, 0.3) is 0 Å². The zero-order chi connectivity index (χ0) is 12.3. The zero-order valence-corrected chi connectivity index (χ0v) is 10.1. The number of benzene rings is 1. The van der Waals surface area contributed by atoms with Crippen LogP contribution in [0.3, 0.4) is 0 Å². The second-order valence-electron chi connectivity index (χ2n) is 4.06. The maximum absolute atomic E-state index is 9.58. The predicted octanol–water partition coefficient (Wildman–Crippen LogP) is 2.53. The summed E-state index contributed by atoms with van der Waals surface area (Å²) in [4.78, 5) is 0. The van der Waals surface area contributed by atoms with Crippen LogP contribution in [0.15, 0.2) is 30.6 Å². The van der Waals surface area contributed by atoms with Gasteiger partial charge >= 0.3 is 0 Å². The van der Waals surface area contributed by atoms with Crippen molar-refractivity contribution >= 4 is 5.69 Å². The molecule has 4 nitrogen and oxygen atoms in total. The second-order valence-corrected chi connectivity index (χ2v) is 4.06. The van der Waals surface area contributed by atoms with Crippen molar-refractivity contribution in [1.29, 1.82) is 0 Å². The summed E-state index contributed by atoms with van der Waals surface area (Å²) in [7, 11) is 0. The molecule has 4 heteroatoms. The SMILES string of the molecule is CCn1cc(CNc2ccc(C)c(O)c2)cn1. The molecule has 2 N–H and O–H groups in total. The van der Waals surface area contributed by atoms with Gasteiger partial charge in [0, 0.05) is 36.6 Å². The van der Waals surface area contributed by atoms with Gasteiger partial charge in [0.1, 0.15) is 5.75 Å². The lowest BCUT2D eigenvalue weighted by molar-refractivity contribution is 0.471. The van der Waals surface area contributed by atoms with Crippen LogP contribution in [0.1, 0.15) is 18.1 Å². The molecule has 0 aliphatic rings. The summed E-state index contributed by atoms with van der Waals surface area (Å²) in [5.41, 5.74) is 2.93. The molecule has 0 aliphatic heterocycles. The molecule has 0 saturated carbocycles. The summed E-state index contributed by atoms with van der Waals surface area (Å²) in [5, 5.41) is 17.0. The molecule has 0 saturated heterocycles. The summed E-state index contributed by atoms with van der Waals surface area (Å²) in [6.07, 6.45) is 3.87. The van der Waals surface area contributed by atoms with Crippen LogP contribution in [-0.2, 0) is 13.1 Å². The highest BCUT2D eigenvalue weighted by Gasteiger charge is 2.00. The van der Waals surface area contributed by atoms with E-state index in [1.54, 1.807) is 6.07 Å². The molecule has 0 aliphatic carbocycles. The number of hydrogen-bond acceptors (Lipinski definition) is 3. The number of anilines is 1. The molecule has 2 rings (SSSR count). The van der Waals surface area contributed by atoms with Gasteiger partial charge in [0.2, 0.25) is 0 Å². The highest BCUT2D eigenvalue weighted by Crippen LogP contribution is 2.21. The van der Waals surface area contributed by atoms with Crippen molar-refractivity contribution in [3.8, 4) is 5.75 Å². The molecule has 2 aromatic rings. The smallest absolute Gasteiger partial charge is 0.120 e. The summed E-state index contributed by atoms with van der Waals surface area (Å²) in [6.45, 7) is 5.53. The van der Waals surface area contributed by atoms with Gasteiger partial charge in [-0.15, -0.1) is 0 Å². The van der Waals surface area contributed by atoms with Crippen LogP contribution >= 0.6 is 0 Å². The van der Waals surface area contributed by atoms with E-state index >= 15 is 0 Å². The van der Waals surface area contributed by atoms with E-state index in [2.05, 4.69) is 17.3 Å². The standard InChI is InChI=1S/C13H17N3O/c1-3-16-9-11(8-15-16)7-14-12-5-4-10(2)13(17)6-12/h4-6,8-9,14,17H,3,7H2,1-2H3. The van der Waals surface area contributed by atoms with Gasteiger partial charge < -0.3 is 10.4 Å². The lowest BCUT2D eigenvalue weighted by atomic mass is 10.2. The third-order valence-electron chi connectivity index (χ3n) is 2.72. The van der Waals surface area contributed by atoms with Gasteiger partial charge in [-0.2, -0.15) is 5.10 Å². The molecule has 90 valence electrons. The third-order valence-corrected chi connectivity index (χ3v) is 2.72. The Bertz CT molecular complexity index is 505. The average Bonchev–Trinajstić information content (AvgIpc) is 2.79. The van der Waals surface area contributed by atoms with Gasteiger partial charge in [0.05, 0.1) is 6.20 Å². The van der Waals surface area contributed by atoms with E-state index in [1.165, 1.54) is 0 Å². The number of rotatable bonds is 4. The molecule has 0 amide bonds. The average molecular weight is 231 g/mol. The van der Waals surface area contributed by atoms with Gasteiger partial charge in [-0.3, -0.25) is 4.68 Å². The Morgan fingerprint density at radius 3 is 2.88 bits per heavy atom. The lowest BCUT2D eigenvalue weighted by Gasteiger charge is -2.06. The van der Waals surface area contributed by atoms with Crippen LogP contribution in [-0.4, -0.2) is 14.9 Å². The molecule has 1 aromatic heterocycles. The quantitative estimate of drug-likeness (QED) is 0.850. The van der Waals surface area contributed by atoms with Gasteiger partial charge in [-0.1, -0.05) is 6.07 Å². The fourth-order valence-corrected chi connectivity index (χ4v) is 1.59. The molecule has 0 spiro atoms. The first-order valence-electron chi connectivity index (χ1n) is 5.74. The van der Waals surface area contributed by atoms with Crippen molar-refractivity contribution in [3.63, 3.8) is 0 Å². The van der Waals surface area contributed by atoms with E-state index in [0.717, 1.165) is 23.4 Å². The number of phenolic OH excluding ortho intramolecular Hbond substituents is 1. The summed E-state index contributed by atoms with van der Waals surface area (Å²) in [6, 6.07) is 5.59. The Kier molecular flexibility index (Phi) is 3.32. The molecular weight excluding hydrogens is 214 g/mol. The minimum Gasteiger partial charge on any atom is -0.508 e. The van der Waals surface area contributed by atoms with E-state index < -0.39 is 0 Å². The Morgan fingerprint density at radius 2 is 2.24 bits per heavy atom. The maximum Gasteiger partial charge on any atom is 0.120 e. The monoisotopic (exact) mass is 231 g/mol. The molecule has 0 fully saturated rings. The fraction of sp³-hybridized carbons (Fsp3) is 0.308. The van der Waals surface area contributed by atoms with Crippen LogP contribution in [0.2, 0.25) is 0 Å². The number of aryl methyl sites for hydroxylation is 2. The van der Waals surface area contributed by atoms with Crippen molar-refractivity contribution in [1.82, 2.24) is 9.78 Å². The molecule has 0 unspecified atom stereocenters. The van der Waals surface area contributed by atoms with Crippen molar-refractivity contribution in [2.45, 2.75) is 26.9 Å². The van der Waals surface area contributed by atoms with E-state index in [9.17, 15) is 5.11 Å². The highest BCUT2D eigenvalue weighted by atomic mass is 16.3. The summed E-state index contributed by atoms with van der Waals surface area (Å²) >= 11 is 0. The van der Waals surface area contributed by atoms with Crippen molar-refractivity contribution in [3.05, 3.63) is 41.7 Å². The van der Waals surface area contributed by atoms with Crippen LogP contribution in [0.5, 0.6) is 5.75 Å². The van der Waals surface area contributed by atoms with E-state index in [0.29, 0.717) is 12.3 Å². The molecule has 1 aromatic carbocycles. The van der Waals surface area contributed by atoms with E-state index in [-0.39, 0.29) is 0 Å².